The number of rotatable bonds is 3. The first-order valence-electron chi connectivity index (χ1n) is 6.65. The predicted octanol–water partition coefficient (Wildman–Crippen LogP) is 3.02. The van der Waals surface area contributed by atoms with Crippen LogP contribution in [0.25, 0.3) is 0 Å². The van der Waals surface area contributed by atoms with E-state index in [1.54, 1.807) is 0 Å². The summed E-state index contributed by atoms with van der Waals surface area (Å²) in [4.78, 5) is 35.7. The van der Waals surface area contributed by atoms with Crippen molar-refractivity contribution < 1.29 is 28.6 Å². The molecule has 1 aromatic rings. The van der Waals surface area contributed by atoms with E-state index in [1.165, 1.54) is 33.1 Å². The van der Waals surface area contributed by atoms with Gasteiger partial charge in [-0.2, -0.15) is 0 Å². The predicted molar refractivity (Wildman–Crippen MR) is 88.5 cm³/mol. The number of nitrogens with one attached hydrogen (secondary N) is 1. The molecular weight excluding hydrogens is 406 g/mol. The van der Waals surface area contributed by atoms with Gasteiger partial charge in [-0.15, -0.1) is 0 Å². The molecule has 9 heteroatoms. The molecule has 1 aromatic carbocycles. The van der Waals surface area contributed by atoms with Gasteiger partial charge in [-0.3, -0.25) is 0 Å². The van der Waals surface area contributed by atoms with E-state index in [0.29, 0.717) is 9.50 Å². The standard InChI is InChI=1S/C15H13BrClNO6/c1-15(2)23-13(20)9(14(21)24-15)6-18-11-8(12(19)22-3)4-7(17)5-10(11)16/h4-6,18H,1-3H3. The number of hydrogen-bond acceptors (Lipinski definition) is 7. The topological polar surface area (TPSA) is 90.9 Å². The summed E-state index contributed by atoms with van der Waals surface area (Å²) < 4.78 is 15.1. The lowest BCUT2D eigenvalue weighted by Crippen LogP contribution is -2.42. The number of cyclic esters (lactones) is 2. The minimum atomic E-state index is -1.33. The van der Waals surface area contributed by atoms with Crippen molar-refractivity contribution in [3.63, 3.8) is 0 Å². The first-order chi connectivity index (χ1) is 11.1. The smallest absolute Gasteiger partial charge is 0.350 e. The summed E-state index contributed by atoms with van der Waals surface area (Å²) in [7, 11) is 1.22. The number of carbonyl (C=O) groups is 3. The van der Waals surface area contributed by atoms with Crippen LogP contribution in [-0.4, -0.2) is 30.8 Å². The summed E-state index contributed by atoms with van der Waals surface area (Å²) in [5.74, 6) is -3.65. The molecule has 0 spiro atoms. The van der Waals surface area contributed by atoms with Crippen LogP contribution >= 0.6 is 27.5 Å². The number of benzene rings is 1. The van der Waals surface area contributed by atoms with Crippen molar-refractivity contribution in [2.45, 2.75) is 19.6 Å². The van der Waals surface area contributed by atoms with Gasteiger partial charge in [0.15, 0.2) is 5.57 Å². The van der Waals surface area contributed by atoms with Gasteiger partial charge < -0.3 is 19.5 Å². The van der Waals surface area contributed by atoms with Crippen LogP contribution < -0.4 is 5.32 Å². The van der Waals surface area contributed by atoms with Crippen molar-refractivity contribution in [2.75, 3.05) is 12.4 Å². The van der Waals surface area contributed by atoms with Crippen LogP contribution in [0.4, 0.5) is 5.69 Å². The lowest BCUT2D eigenvalue weighted by Gasteiger charge is -2.29. The average molecular weight is 419 g/mol. The van der Waals surface area contributed by atoms with E-state index in [0.717, 1.165) is 6.20 Å². The van der Waals surface area contributed by atoms with Gasteiger partial charge in [-0.1, -0.05) is 11.6 Å². The van der Waals surface area contributed by atoms with Crippen LogP contribution in [0.1, 0.15) is 24.2 Å². The zero-order valence-corrected chi connectivity index (χ0v) is 15.3. The van der Waals surface area contributed by atoms with E-state index >= 15 is 0 Å². The van der Waals surface area contributed by atoms with Crippen molar-refractivity contribution in [1.29, 1.82) is 0 Å². The number of anilines is 1. The second-order valence-electron chi connectivity index (χ2n) is 5.18. The van der Waals surface area contributed by atoms with E-state index < -0.39 is 23.7 Å². The molecule has 128 valence electrons. The van der Waals surface area contributed by atoms with Crippen LogP contribution in [-0.2, 0) is 23.8 Å². The van der Waals surface area contributed by atoms with Crippen LogP contribution in [0.15, 0.2) is 28.4 Å². The summed E-state index contributed by atoms with van der Waals surface area (Å²) in [5.41, 5.74) is 0.0442. The Kier molecular flexibility index (Phi) is 5.19. The van der Waals surface area contributed by atoms with Crippen molar-refractivity contribution >= 4 is 51.1 Å². The number of ether oxygens (including phenoxy) is 3. The maximum Gasteiger partial charge on any atom is 0.350 e. The molecule has 0 bridgehead atoms. The van der Waals surface area contributed by atoms with Crippen LogP contribution in [0.3, 0.4) is 0 Å². The van der Waals surface area contributed by atoms with Crippen molar-refractivity contribution in [2.24, 2.45) is 0 Å². The van der Waals surface area contributed by atoms with Gasteiger partial charge in [0.05, 0.1) is 18.4 Å². The Balaban J connectivity index is 2.37. The third-order valence-corrected chi connectivity index (χ3v) is 3.78. The van der Waals surface area contributed by atoms with Gasteiger partial charge in [0.2, 0.25) is 0 Å². The fraction of sp³-hybridized carbons (Fsp3) is 0.267. The van der Waals surface area contributed by atoms with Crippen molar-refractivity contribution in [3.05, 3.63) is 39.0 Å². The molecule has 0 saturated carbocycles. The Bertz CT molecular complexity index is 737. The van der Waals surface area contributed by atoms with E-state index in [-0.39, 0.29) is 16.8 Å². The molecule has 1 fully saturated rings. The molecule has 1 N–H and O–H groups in total. The van der Waals surface area contributed by atoms with E-state index in [1.807, 2.05) is 0 Å². The highest BCUT2D eigenvalue weighted by Crippen LogP contribution is 2.32. The molecule has 0 radical (unpaired) electrons. The third-order valence-electron chi connectivity index (χ3n) is 2.94. The molecular formula is C15H13BrClNO6. The highest BCUT2D eigenvalue weighted by atomic mass is 79.9. The molecule has 24 heavy (non-hydrogen) atoms. The Morgan fingerprint density at radius 2 is 1.88 bits per heavy atom. The quantitative estimate of drug-likeness (QED) is 0.458. The van der Waals surface area contributed by atoms with Crippen LogP contribution in [0, 0.1) is 0 Å². The normalized spacial score (nSPS) is 16.1. The summed E-state index contributed by atoms with van der Waals surface area (Å²) in [6.45, 7) is 2.89. The first kappa shape index (κ1) is 18.3. The van der Waals surface area contributed by atoms with Gasteiger partial charge in [0.25, 0.3) is 5.79 Å². The highest BCUT2D eigenvalue weighted by molar-refractivity contribution is 9.10. The Morgan fingerprint density at radius 1 is 1.29 bits per heavy atom. The minimum absolute atomic E-state index is 0.117. The molecule has 1 aliphatic heterocycles. The lowest BCUT2D eigenvalue weighted by atomic mass is 10.1. The van der Waals surface area contributed by atoms with Gasteiger partial charge in [-0.25, -0.2) is 14.4 Å². The first-order valence-corrected chi connectivity index (χ1v) is 7.82. The van der Waals surface area contributed by atoms with Gasteiger partial charge in [0, 0.05) is 29.5 Å². The van der Waals surface area contributed by atoms with E-state index in [9.17, 15) is 14.4 Å². The number of methoxy groups -OCH3 is 1. The maximum atomic E-state index is 11.9. The highest BCUT2D eigenvalue weighted by Gasteiger charge is 2.39. The molecule has 0 aromatic heterocycles. The number of carbonyl (C=O) groups excluding carboxylic acids is 3. The summed E-state index contributed by atoms with van der Waals surface area (Å²) >= 11 is 9.17. The monoisotopic (exact) mass is 417 g/mol. The largest absolute Gasteiger partial charge is 0.465 e. The van der Waals surface area contributed by atoms with Gasteiger partial charge >= 0.3 is 17.9 Å². The van der Waals surface area contributed by atoms with Gasteiger partial charge in [-0.05, 0) is 28.1 Å². The molecule has 0 amide bonds. The Hall–Kier alpha value is -2.06. The number of esters is 3. The third kappa shape index (κ3) is 3.88. The Morgan fingerprint density at radius 3 is 2.42 bits per heavy atom. The Labute approximate surface area is 151 Å². The zero-order chi connectivity index (χ0) is 18.1. The molecule has 0 aliphatic carbocycles. The van der Waals surface area contributed by atoms with Crippen LogP contribution in [0.2, 0.25) is 5.02 Å². The fourth-order valence-corrected chi connectivity index (χ4v) is 2.84. The lowest BCUT2D eigenvalue weighted by molar-refractivity contribution is -0.222. The summed E-state index contributed by atoms with van der Waals surface area (Å²) in [6.07, 6.45) is 1.10. The summed E-state index contributed by atoms with van der Waals surface area (Å²) in [5, 5.41) is 3.02. The minimum Gasteiger partial charge on any atom is -0.465 e. The fourth-order valence-electron chi connectivity index (χ4n) is 1.91. The molecule has 1 aliphatic rings. The number of halogens is 2. The molecule has 1 heterocycles. The average Bonchev–Trinajstić information content (AvgIpc) is 2.45. The summed E-state index contributed by atoms with van der Waals surface area (Å²) in [6, 6.07) is 2.93. The second-order valence-corrected chi connectivity index (χ2v) is 6.47. The molecule has 1 saturated heterocycles. The van der Waals surface area contributed by atoms with E-state index in [4.69, 9.17) is 21.1 Å². The molecule has 2 rings (SSSR count). The van der Waals surface area contributed by atoms with Crippen molar-refractivity contribution in [1.82, 2.24) is 0 Å². The molecule has 0 unspecified atom stereocenters. The van der Waals surface area contributed by atoms with Crippen molar-refractivity contribution in [3.8, 4) is 0 Å². The zero-order valence-electron chi connectivity index (χ0n) is 12.9. The SMILES string of the molecule is COC(=O)c1cc(Cl)cc(Br)c1NC=C1C(=O)OC(C)(C)OC1=O. The number of hydrogen-bond donors (Lipinski definition) is 1. The molecule has 7 nitrogen and oxygen atoms in total. The molecule has 0 atom stereocenters. The van der Waals surface area contributed by atoms with Gasteiger partial charge in [0.1, 0.15) is 0 Å². The van der Waals surface area contributed by atoms with E-state index in [2.05, 4.69) is 26.0 Å². The second kappa shape index (κ2) is 6.82. The van der Waals surface area contributed by atoms with Crippen LogP contribution in [0.5, 0.6) is 0 Å². The maximum absolute atomic E-state index is 11.9.